The summed E-state index contributed by atoms with van der Waals surface area (Å²) in [5.41, 5.74) is 10.1. The van der Waals surface area contributed by atoms with Crippen LogP contribution >= 0.6 is 0 Å². The molecule has 0 unspecified atom stereocenters. The maximum Gasteiger partial charge on any atom is 0.255 e. The predicted octanol–water partition coefficient (Wildman–Crippen LogP) is 4.13. The first-order chi connectivity index (χ1) is 9.77. The van der Waals surface area contributed by atoms with Crippen molar-refractivity contribution >= 4 is 17.3 Å². The van der Waals surface area contributed by atoms with Gasteiger partial charge in [-0.15, -0.1) is 0 Å². The summed E-state index contributed by atoms with van der Waals surface area (Å²) in [6, 6.07) is 13.3. The zero-order valence-corrected chi connectivity index (χ0v) is 13.0. The highest BCUT2D eigenvalue weighted by Gasteiger charge is 2.13. The van der Waals surface area contributed by atoms with Gasteiger partial charge < -0.3 is 11.1 Å². The molecule has 0 fully saturated rings. The van der Waals surface area contributed by atoms with Crippen molar-refractivity contribution in [1.29, 1.82) is 0 Å². The largest absolute Gasteiger partial charge is 0.399 e. The van der Waals surface area contributed by atoms with Gasteiger partial charge in [0.25, 0.3) is 5.91 Å². The molecule has 1 amide bonds. The van der Waals surface area contributed by atoms with Crippen LogP contribution in [0.4, 0.5) is 11.4 Å². The van der Waals surface area contributed by atoms with Crippen molar-refractivity contribution < 1.29 is 4.79 Å². The highest BCUT2D eigenvalue weighted by Crippen LogP contribution is 2.23. The maximum absolute atomic E-state index is 12.2. The lowest BCUT2D eigenvalue weighted by Gasteiger charge is -2.19. The summed E-state index contributed by atoms with van der Waals surface area (Å²) in [7, 11) is 0. The lowest BCUT2D eigenvalue weighted by Crippen LogP contribution is -2.14. The quantitative estimate of drug-likeness (QED) is 0.814. The van der Waals surface area contributed by atoms with E-state index in [0.29, 0.717) is 11.3 Å². The van der Waals surface area contributed by atoms with Crippen LogP contribution in [0, 0.1) is 6.92 Å². The van der Waals surface area contributed by atoms with E-state index in [1.54, 1.807) is 18.2 Å². The van der Waals surface area contributed by atoms with Crippen molar-refractivity contribution in [3.05, 3.63) is 59.2 Å². The van der Waals surface area contributed by atoms with Gasteiger partial charge in [-0.2, -0.15) is 0 Å². The zero-order chi connectivity index (χ0) is 15.6. The van der Waals surface area contributed by atoms with E-state index in [1.165, 1.54) is 5.56 Å². The first-order valence-corrected chi connectivity index (χ1v) is 7.05. The van der Waals surface area contributed by atoms with Gasteiger partial charge in [0.15, 0.2) is 0 Å². The Morgan fingerprint density at radius 2 is 1.67 bits per heavy atom. The molecule has 0 saturated heterocycles. The number of anilines is 2. The molecule has 0 aliphatic rings. The van der Waals surface area contributed by atoms with Gasteiger partial charge in [-0.25, -0.2) is 0 Å². The molecule has 3 heteroatoms. The second-order valence-corrected chi connectivity index (χ2v) is 6.35. The van der Waals surface area contributed by atoms with Crippen molar-refractivity contribution in [2.45, 2.75) is 33.1 Å². The standard InChI is InChI=1S/C18H22N2O/c1-12-11-13(5-10-16(12)19)17(21)20-15-8-6-14(7-9-15)18(2,3)4/h5-11H,19H2,1-4H3,(H,20,21). The Labute approximate surface area is 126 Å². The lowest BCUT2D eigenvalue weighted by atomic mass is 9.87. The molecular formula is C18H22N2O. The average Bonchev–Trinajstić information content (AvgIpc) is 2.41. The van der Waals surface area contributed by atoms with E-state index in [-0.39, 0.29) is 11.3 Å². The molecule has 2 rings (SSSR count). The molecule has 0 spiro atoms. The van der Waals surface area contributed by atoms with Crippen LogP contribution in [-0.2, 0) is 5.41 Å². The summed E-state index contributed by atoms with van der Waals surface area (Å²) >= 11 is 0. The number of amides is 1. The Morgan fingerprint density at radius 3 is 2.19 bits per heavy atom. The lowest BCUT2D eigenvalue weighted by molar-refractivity contribution is 0.102. The van der Waals surface area contributed by atoms with E-state index in [1.807, 2.05) is 31.2 Å². The average molecular weight is 282 g/mol. The minimum Gasteiger partial charge on any atom is -0.399 e. The molecule has 0 aromatic heterocycles. The molecule has 0 aliphatic heterocycles. The minimum atomic E-state index is -0.124. The Balaban J connectivity index is 2.14. The number of hydrogen-bond acceptors (Lipinski definition) is 2. The van der Waals surface area contributed by atoms with Crippen LogP contribution in [0.5, 0.6) is 0 Å². The number of carbonyl (C=O) groups excluding carboxylic acids is 1. The number of nitrogen functional groups attached to an aromatic ring is 1. The third kappa shape index (κ3) is 3.63. The Bertz CT molecular complexity index is 652. The van der Waals surface area contributed by atoms with E-state index in [2.05, 4.69) is 26.1 Å². The molecule has 0 radical (unpaired) electrons. The smallest absolute Gasteiger partial charge is 0.255 e. The van der Waals surface area contributed by atoms with Gasteiger partial charge in [0, 0.05) is 16.9 Å². The van der Waals surface area contributed by atoms with Crippen molar-refractivity contribution in [2.24, 2.45) is 0 Å². The number of nitrogens with one attached hydrogen (secondary N) is 1. The highest BCUT2D eigenvalue weighted by atomic mass is 16.1. The first-order valence-electron chi connectivity index (χ1n) is 7.05. The number of aryl methyl sites for hydroxylation is 1. The molecule has 21 heavy (non-hydrogen) atoms. The molecule has 0 bridgehead atoms. The topological polar surface area (TPSA) is 55.1 Å². The van der Waals surface area contributed by atoms with Crippen LogP contribution in [0.25, 0.3) is 0 Å². The van der Waals surface area contributed by atoms with Gasteiger partial charge in [-0.1, -0.05) is 32.9 Å². The van der Waals surface area contributed by atoms with Crippen molar-refractivity contribution in [1.82, 2.24) is 0 Å². The van der Waals surface area contributed by atoms with Crippen molar-refractivity contribution in [3.8, 4) is 0 Å². The van der Waals surface area contributed by atoms with Gasteiger partial charge in [-0.3, -0.25) is 4.79 Å². The molecular weight excluding hydrogens is 260 g/mol. The number of nitrogens with two attached hydrogens (primary N) is 1. The summed E-state index contributed by atoms with van der Waals surface area (Å²) in [5.74, 6) is -0.124. The van der Waals surface area contributed by atoms with E-state index in [0.717, 1.165) is 11.3 Å². The second kappa shape index (κ2) is 5.60. The molecule has 0 heterocycles. The summed E-state index contributed by atoms with van der Waals surface area (Å²) in [4.78, 5) is 12.2. The summed E-state index contributed by atoms with van der Waals surface area (Å²) in [5, 5.41) is 2.90. The third-order valence-corrected chi connectivity index (χ3v) is 3.54. The number of carbonyl (C=O) groups is 1. The number of hydrogen-bond donors (Lipinski definition) is 2. The fraction of sp³-hybridized carbons (Fsp3) is 0.278. The molecule has 0 aliphatic carbocycles. The van der Waals surface area contributed by atoms with Gasteiger partial charge in [0.05, 0.1) is 0 Å². The molecule has 2 aromatic rings. The predicted molar refractivity (Wildman–Crippen MR) is 88.7 cm³/mol. The Morgan fingerprint density at radius 1 is 1.05 bits per heavy atom. The van der Waals surface area contributed by atoms with Crippen LogP contribution < -0.4 is 11.1 Å². The van der Waals surface area contributed by atoms with E-state index in [9.17, 15) is 4.79 Å². The number of benzene rings is 2. The van der Waals surface area contributed by atoms with Crippen LogP contribution in [0.3, 0.4) is 0 Å². The fourth-order valence-corrected chi connectivity index (χ4v) is 2.07. The van der Waals surface area contributed by atoms with E-state index < -0.39 is 0 Å². The summed E-state index contributed by atoms with van der Waals surface area (Å²) in [6.45, 7) is 8.39. The molecule has 0 saturated carbocycles. The molecule has 110 valence electrons. The first kappa shape index (κ1) is 15.1. The molecule has 0 atom stereocenters. The number of rotatable bonds is 2. The summed E-state index contributed by atoms with van der Waals surface area (Å²) in [6.07, 6.45) is 0. The van der Waals surface area contributed by atoms with Gasteiger partial charge in [0.2, 0.25) is 0 Å². The molecule has 3 nitrogen and oxygen atoms in total. The third-order valence-electron chi connectivity index (χ3n) is 3.54. The van der Waals surface area contributed by atoms with Crippen molar-refractivity contribution in [3.63, 3.8) is 0 Å². The Hall–Kier alpha value is -2.29. The fourth-order valence-electron chi connectivity index (χ4n) is 2.07. The van der Waals surface area contributed by atoms with Crippen LogP contribution in [0.2, 0.25) is 0 Å². The van der Waals surface area contributed by atoms with Crippen LogP contribution in [0.15, 0.2) is 42.5 Å². The SMILES string of the molecule is Cc1cc(C(=O)Nc2ccc(C(C)(C)C)cc2)ccc1N. The van der Waals surface area contributed by atoms with Gasteiger partial charge in [0.1, 0.15) is 0 Å². The van der Waals surface area contributed by atoms with Gasteiger partial charge >= 0.3 is 0 Å². The van der Waals surface area contributed by atoms with E-state index >= 15 is 0 Å². The second-order valence-electron chi connectivity index (χ2n) is 6.35. The van der Waals surface area contributed by atoms with E-state index in [4.69, 9.17) is 5.73 Å². The Kier molecular flexibility index (Phi) is 4.03. The van der Waals surface area contributed by atoms with Crippen molar-refractivity contribution in [2.75, 3.05) is 11.1 Å². The molecule has 2 aromatic carbocycles. The normalized spacial score (nSPS) is 11.2. The highest BCUT2D eigenvalue weighted by molar-refractivity contribution is 6.04. The van der Waals surface area contributed by atoms with Gasteiger partial charge in [-0.05, 0) is 53.8 Å². The van der Waals surface area contributed by atoms with Crippen LogP contribution in [0.1, 0.15) is 42.3 Å². The molecule has 3 N–H and O–H groups in total. The minimum absolute atomic E-state index is 0.108. The van der Waals surface area contributed by atoms with Crippen LogP contribution in [-0.4, -0.2) is 5.91 Å². The monoisotopic (exact) mass is 282 g/mol. The zero-order valence-electron chi connectivity index (χ0n) is 13.0. The maximum atomic E-state index is 12.2. The summed E-state index contributed by atoms with van der Waals surface area (Å²) < 4.78 is 0.